The van der Waals surface area contributed by atoms with Gasteiger partial charge in [-0.15, -0.1) is 0 Å². The highest BCUT2D eigenvalue weighted by Gasteiger charge is 2.29. The van der Waals surface area contributed by atoms with Crippen molar-refractivity contribution >= 4 is 40.1 Å². The van der Waals surface area contributed by atoms with Crippen LogP contribution in [0.4, 0.5) is 11.5 Å². The van der Waals surface area contributed by atoms with E-state index in [4.69, 9.17) is 14.7 Å². The Hall–Kier alpha value is -3.24. The van der Waals surface area contributed by atoms with E-state index in [1.807, 2.05) is 23.6 Å². The van der Waals surface area contributed by atoms with E-state index < -0.39 is 0 Å². The van der Waals surface area contributed by atoms with Crippen molar-refractivity contribution in [3.05, 3.63) is 53.4 Å². The van der Waals surface area contributed by atoms with Crippen molar-refractivity contribution in [3.8, 4) is 6.01 Å². The van der Waals surface area contributed by atoms with Gasteiger partial charge in [0.05, 0.1) is 19.3 Å². The van der Waals surface area contributed by atoms with Crippen molar-refractivity contribution in [1.82, 2.24) is 24.8 Å². The van der Waals surface area contributed by atoms with Gasteiger partial charge in [0, 0.05) is 61.1 Å². The number of benzene rings is 1. The second kappa shape index (κ2) is 14.8. The minimum Gasteiger partial charge on any atom is -0.467 e. The second-order valence-corrected chi connectivity index (χ2v) is 12.0. The number of likely N-dealkylation sites (tertiary alicyclic amines) is 1. The highest BCUT2D eigenvalue weighted by molar-refractivity contribution is 7.97. The molecule has 3 aliphatic heterocycles. The molecule has 6 rings (SSSR count). The fourth-order valence-corrected chi connectivity index (χ4v) is 5.90. The summed E-state index contributed by atoms with van der Waals surface area (Å²) < 4.78 is 5.48. The van der Waals surface area contributed by atoms with Crippen LogP contribution in [0.2, 0.25) is 0 Å². The predicted molar refractivity (Wildman–Crippen MR) is 176 cm³/mol. The molecule has 0 radical (unpaired) electrons. The molecule has 9 nitrogen and oxygen atoms in total. The number of aryl methyl sites for hydroxylation is 1. The van der Waals surface area contributed by atoms with Crippen LogP contribution in [-0.2, 0) is 17.8 Å². The number of nitrogens with one attached hydrogen (secondary N) is 1. The third kappa shape index (κ3) is 7.21. The zero-order valence-corrected chi connectivity index (χ0v) is 27.0. The molecule has 1 amide bonds. The number of anilines is 2. The predicted octanol–water partition coefficient (Wildman–Crippen LogP) is 4.67. The van der Waals surface area contributed by atoms with E-state index in [2.05, 4.69) is 59.3 Å². The number of methoxy groups -OCH3 is 1. The molecule has 3 aromatic rings. The van der Waals surface area contributed by atoms with E-state index in [1.165, 1.54) is 59.8 Å². The molecule has 228 valence electrons. The zero-order valence-electron chi connectivity index (χ0n) is 26.2. The molecule has 0 unspecified atom stereocenters. The first-order valence-corrected chi connectivity index (χ1v) is 16.5. The molecule has 1 aromatic carbocycles. The number of nitrogens with zero attached hydrogens (tertiary/aromatic N) is 6. The van der Waals surface area contributed by atoms with Gasteiger partial charge in [-0.05, 0) is 95.1 Å². The molecule has 3 aliphatic rings. The quantitative estimate of drug-likeness (QED) is 0.437. The number of thioether (sulfide) groups is 1. The van der Waals surface area contributed by atoms with E-state index in [0.717, 1.165) is 43.1 Å². The number of aromatic amines is 1. The van der Waals surface area contributed by atoms with Gasteiger partial charge in [-0.3, -0.25) is 4.79 Å². The Kier molecular flexibility index (Phi) is 11.2. The lowest BCUT2D eigenvalue weighted by molar-refractivity contribution is -0.126. The monoisotopic (exact) mass is 593 g/mol. The minimum absolute atomic E-state index is 0.0165. The van der Waals surface area contributed by atoms with Gasteiger partial charge in [0.1, 0.15) is 5.82 Å². The van der Waals surface area contributed by atoms with Crippen molar-refractivity contribution in [3.63, 3.8) is 0 Å². The first-order chi connectivity index (χ1) is 20.3. The van der Waals surface area contributed by atoms with Crippen LogP contribution >= 0.6 is 11.8 Å². The summed E-state index contributed by atoms with van der Waals surface area (Å²) in [7, 11) is 3.79. The number of fused-ring (bicyclic) bond motifs is 2. The molecular weight excluding hydrogens is 546 g/mol. The van der Waals surface area contributed by atoms with Crippen LogP contribution in [0.15, 0.2) is 31.0 Å². The van der Waals surface area contributed by atoms with Gasteiger partial charge in [-0.25, -0.2) is 0 Å². The van der Waals surface area contributed by atoms with E-state index in [0.29, 0.717) is 25.6 Å². The van der Waals surface area contributed by atoms with Crippen LogP contribution < -0.4 is 14.5 Å². The second-order valence-electron chi connectivity index (χ2n) is 11.2. The summed E-state index contributed by atoms with van der Waals surface area (Å²) in [6.07, 6.45) is 11.2. The van der Waals surface area contributed by atoms with E-state index in [-0.39, 0.29) is 5.91 Å². The molecule has 1 N–H and O–H groups in total. The number of hydrogen-bond donors (Lipinski definition) is 1. The van der Waals surface area contributed by atoms with Crippen molar-refractivity contribution in [1.29, 1.82) is 0 Å². The molecule has 42 heavy (non-hydrogen) atoms. The molecule has 2 fully saturated rings. The number of ether oxygens (including phenoxy) is 1. The first-order valence-electron chi connectivity index (χ1n) is 14.8. The summed E-state index contributed by atoms with van der Waals surface area (Å²) in [5.74, 6) is 0.923. The summed E-state index contributed by atoms with van der Waals surface area (Å²) >= 11 is 1.75. The highest BCUT2D eigenvalue weighted by Crippen LogP contribution is 2.37. The van der Waals surface area contributed by atoms with Gasteiger partial charge in [0.15, 0.2) is 0 Å². The van der Waals surface area contributed by atoms with Crippen LogP contribution in [0, 0.1) is 13.8 Å². The Labute approximate surface area is 255 Å². The standard InChI is InChI=1S/C25H30N6O2.C5H11N.C2H6S/c1-5-22(32)29-10-12-30(13-11-29)24-19-7-9-31(15-21(19)27-25(28-24)33-4)23-17(3)16(2)14-20-18(23)6-8-26-20;1-6-4-2-3-5-6;1-3-2/h5-6,8,14,26H,1,7,9-13,15H2,2-4H3;2-5H2,1H3;1-2H3. The van der Waals surface area contributed by atoms with Crippen LogP contribution in [0.1, 0.15) is 35.2 Å². The fraction of sp³-hybridized carbons (Fsp3) is 0.531. The maximum Gasteiger partial charge on any atom is 0.318 e. The van der Waals surface area contributed by atoms with E-state index >= 15 is 0 Å². The molecule has 2 aromatic heterocycles. The van der Waals surface area contributed by atoms with Crippen molar-refractivity contribution in [2.45, 2.75) is 39.7 Å². The first kappa shape index (κ1) is 31.7. The summed E-state index contributed by atoms with van der Waals surface area (Å²) in [5, 5.41) is 1.24. The molecule has 0 atom stereocenters. The van der Waals surface area contributed by atoms with Gasteiger partial charge in [-0.2, -0.15) is 21.7 Å². The Morgan fingerprint density at radius 2 is 1.74 bits per heavy atom. The molecule has 0 bridgehead atoms. The number of piperazine rings is 1. The van der Waals surface area contributed by atoms with Gasteiger partial charge in [-0.1, -0.05) is 6.58 Å². The van der Waals surface area contributed by atoms with Crippen LogP contribution in [0.5, 0.6) is 6.01 Å². The third-order valence-electron chi connectivity index (χ3n) is 8.26. The lowest BCUT2D eigenvalue weighted by Gasteiger charge is -2.38. The van der Waals surface area contributed by atoms with E-state index in [1.54, 1.807) is 18.9 Å². The maximum atomic E-state index is 12.0. The smallest absolute Gasteiger partial charge is 0.318 e. The Morgan fingerprint density at radius 1 is 1.05 bits per heavy atom. The zero-order chi connectivity index (χ0) is 30.2. The van der Waals surface area contributed by atoms with Crippen molar-refractivity contribution < 1.29 is 9.53 Å². The van der Waals surface area contributed by atoms with Gasteiger partial charge >= 0.3 is 6.01 Å². The van der Waals surface area contributed by atoms with Gasteiger partial charge < -0.3 is 29.3 Å². The summed E-state index contributed by atoms with van der Waals surface area (Å²) in [4.78, 5) is 33.7. The van der Waals surface area contributed by atoms with Crippen molar-refractivity contribution in [2.24, 2.45) is 0 Å². The summed E-state index contributed by atoms with van der Waals surface area (Å²) in [5.41, 5.74) is 7.20. The molecule has 10 heteroatoms. The van der Waals surface area contributed by atoms with Crippen LogP contribution in [0.3, 0.4) is 0 Å². The summed E-state index contributed by atoms with van der Waals surface area (Å²) in [6.45, 7) is 15.0. The number of aromatic nitrogens is 3. The number of hydrogen-bond acceptors (Lipinski definition) is 8. The van der Waals surface area contributed by atoms with Gasteiger partial charge in [0.2, 0.25) is 5.91 Å². The van der Waals surface area contributed by atoms with Crippen LogP contribution in [0.25, 0.3) is 10.9 Å². The Bertz CT molecular complexity index is 1360. The lowest BCUT2D eigenvalue weighted by Crippen LogP contribution is -2.49. The Morgan fingerprint density at radius 3 is 2.33 bits per heavy atom. The molecular formula is C32H47N7O2S. The van der Waals surface area contributed by atoms with Gasteiger partial charge in [0.25, 0.3) is 0 Å². The molecule has 0 spiro atoms. The molecule has 0 aliphatic carbocycles. The highest BCUT2D eigenvalue weighted by atomic mass is 32.2. The molecule has 2 saturated heterocycles. The minimum atomic E-state index is -0.0165. The Balaban J connectivity index is 0.000000390. The van der Waals surface area contributed by atoms with E-state index in [9.17, 15) is 4.79 Å². The SMILES string of the molecule is C=CC(=O)N1CCN(c2nc(OC)nc3c2CCN(c2c(C)c(C)cc4[nH]ccc24)C3)CC1.CN1CCCC1.CSC. The summed E-state index contributed by atoms with van der Waals surface area (Å²) in [6, 6.07) is 4.76. The average Bonchev–Trinajstić information content (AvgIpc) is 3.68. The largest absolute Gasteiger partial charge is 0.467 e. The number of carbonyl (C=O) groups is 1. The van der Waals surface area contributed by atoms with Crippen molar-refractivity contribution in [2.75, 3.05) is 82.3 Å². The lowest BCUT2D eigenvalue weighted by atomic mass is 9.99. The third-order valence-corrected chi connectivity index (χ3v) is 8.26. The topological polar surface area (TPSA) is 80.8 Å². The molecule has 5 heterocycles. The number of carbonyl (C=O) groups excluding carboxylic acids is 1. The number of H-pyrrole nitrogens is 1. The maximum absolute atomic E-state index is 12.0. The fourth-order valence-electron chi connectivity index (χ4n) is 5.90. The average molecular weight is 594 g/mol. The normalized spacial score (nSPS) is 16.8. The molecule has 0 saturated carbocycles. The number of amides is 1. The van der Waals surface area contributed by atoms with Crippen LogP contribution in [-0.4, -0.2) is 103 Å². The number of rotatable bonds is 4.